The largest absolute Gasteiger partial charge is 0.508 e. The van der Waals surface area contributed by atoms with Crippen molar-refractivity contribution in [2.75, 3.05) is 0 Å². The van der Waals surface area contributed by atoms with Crippen molar-refractivity contribution in [3.8, 4) is 11.5 Å². The van der Waals surface area contributed by atoms with Gasteiger partial charge in [-0.05, 0) is 25.3 Å². The lowest BCUT2D eigenvalue weighted by molar-refractivity contribution is 0.434. The van der Waals surface area contributed by atoms with Crippen LogP contribution in [0.3, 0.4) is 0 Å². The van der Waals surface area contributed by atoms with E-state index in [1.165, 1.54) is 18.9 Å². The van der Waals surface area contributed by atoms with E-state index in [0.29, 0.717) is 6.04 Å². The van der Waals surface area contributed by atoms with Crippen LogP contribution in [0.2, 0.25) is 0 Å². The van der Waals surface area contributed by atoms with Crippen LogP contribution < -0.4 is 5.32 Å². The summed E-state index contributed by atoms with van der Waals surface area (Å²) in [6, 6.07) is 5.48. The van der Waals surface area contributed by atoms with E-state index in [-0.39, 0.29) is 17.5 Å². The zero-order valence-electron chi connectivity index (χ0n) is 9.77. The predicted octanol–water partition coefficient (Wildman–Crippen LogP) is 2.55. The summed E-state index contributed by atoms with van der Waals surface area (Å²) >= 11 is 0. The Morgan fingerprint density at radius 3 is 2.75 bits per heavy atom. The molecule has 0 saturated heterocycles. The molecule has 0 aromatic heterocycles. The molecule has 1 aliphatic rings. The first-order valence-corrected chi connectivity index (χ1v) is 5.89. The molecule has 3 unspecified atom stereocenters. The number of phenols is 2. The van der Waals surface area contributed by atoms with E-state index < -0.39 is 0 Å². The van der Waals surface area contributed by atoms with Gasteiger partial charge >= 0.3 is 0 Å². The monoisotopic (exact) mass is 221 g/mol. The van der Waals surface area contributed by atoms with Crippen molar-refractivity contribution >= 4 is 0 Å². The Bertz CT molecular complexity index is 378. The van der Waals surface area contributed by atoms with Gasteiger partial charge in [-0.15, -0.1) is 0 Å². The van der Waals surface area contributed by atoms with Crippen LogP contribution in [-0.2, 0) is 0 Å². The molecule has 0 aliphatic heterocycles. The topological polar surface area (TPSA) is 52.5 Å². The van der Waals surface area contributed by atoms with Crippen LogP contribution in [0.1, 0.15) is 38.3 Å². The van der Waals surface area contributed by atoms with Gasteiger partial charge in [0, 0.05) is 23.7 Å². The van der Waals surface area contributed by atoms with Crippen molar-refractivity contribution < 1.29 is 10.2 Å². The Kier molecular flexibility index (Phi) is 3.06. The minimum absolute atomic E-state index is 0.103. The van der Waals surface area contributed by atoms with Gasteiger partial charge in [0.15, 0.2) is 0 Å². The SMILES string of the molecule is CCC1CC1NC(C)c1ccc(O)cc1O. The van der Waals surface area contributed by atoms with Gasteiger partial charge in [0.1, 0.15) is 11.5 Å². The molecule has 16 heavy (non-hydrogen) atoms. The van der Waals surface area contributed by atoms with Gasteiger partial charge in [-0.25, -0.2) is 0 Å². The average molecular weight is 221 g/mol. The summed E-state index contributed by atoms with van der Waals surface area (Å²) < 4.78 is 0. The Morgan fingerprint density at radius 1 is 1.44 bits per heavy atom. The first-order chi connectivity index (χ1) is 7.61. The van der Waals surface area contributed by atoms with E-state index in [1.807, 2.05) is 6.92 Å². The van der Waals surface area contributed by atoms with E-state index >= 15 is 0 Å². The highest BCUT2D eigenvalue weighted by molar-refractivity contribution is 5.40. The second kappa shape index (κ2) is 4.34. The Hall–Kier alpha value is -1.22. The highest BCUT2D eigenvalue weighted by atomic mass is 16.3. The van der Waals surface area contributed by atoms with E-state index in [9.17, 15) is 10.2 Å². The standard InChI is InChI=1S/C13H19NO2/c1-3-9-6-12(9)14-8(2)11-5-4-10(15)7-13(11)16/h4-5,7-9,12,14-16H,3,6H2,1-2H3. The maximum absolute atomic E-state index is 9.72. The summed E-state index contributed by atoms with van der Waals surface area (Å²) in [5.74, 6) is 1.06. The van der Waals surface area contributed by atoms with Gasteiger partial charge in [-0.3, -0.25) is 0 Å². The Labute approximate surface area is 96.1 Å². The quantitative estimate of drug-likeness (QED) is 0.732. The van der Waals surface area contributed by atoms with Crippen molar-refractivity contribution in [1.82, 2.24) is 5.32 Å². The van der Waals surface area contributed by atoms with Crippen LogP contribution in [0.25, 0.3) is 0 Å². The molecule has 3 N–H and O–H groups in total. The molecule has 3 atom stereocenters. The highest BCUT2D eigenvalue weighted by Gasteiger charge is 2.36. The molecule has 3 heteroatoms. The molecule has 0 bridgehead atoms. The van der Waals surface area contributed by atoms with E-state index in [4.69, 9.17) is 0 Å². The van der Waals surface area contributed by atoms with Gasteiger partial charge in [0.05, 0.1) is 0 Å². The third-order valence-corrected chi connectivity index (χ3v) is 3.39. The van der Waals surface area contributed by atoms with Gasteiger partial charge in [0.25, 0.3) is 0 Å². The maximum Gasteiger partial charge on any atom is 0.124 e. The molecule has 0 heterocycles. The molecular weight excluding hydrogens is 202 g/mol. The Morgan fingerprint density at radius 2 is 2.19 bits per heavy atom. The van der Waals surface area contributed by atoms with Crippen LogP contribution in [0, 0.1) is 5.92 Å². The summed E-state index contributed by atoms with van der Waals surface area (Å²) in [5, 5.41) is 22.4. The van der Waals surface area contributed by atoms with E-state index in [2.05, 4.69) is 12.2 Å². The van der Waals surface area contributed by atoms with Gasteiger partial charge in [-0.1, -0.05) is 19.4 Å². The van der Waals surface area contributed by atoms with E-state index in [0.717, 1.165) is 11.5 Å². The summed E-state index contributed by atoms with van der Waals surface area (Å²) in [4.78, 5) is 0. The lowest BCUT2D eigenvalue weighted by atomic mass is 10.1. The first-order valence-electron chi connectivity index (χ1n) is 5.89. The molecule has 1 aromatic carbocycles. The third-order valence-electron chi connectivity index (χ3n) is 3.39. The molecule has 3 nitrogen and oxygen atoms in total. The van der Waals surface area contributed by atoms with Gasteiger partial charge in [0.2, 0.25) is 0 Å². The minimum Gasteiger partial charge on any atom is -0.508 e. The minimum atomic E-state index is 0.103. The van der Waals surface area contributed by atoms with Crippen molar-refractivity contribution in [2.24, 2.45) is 5.92 Å². The maximum atomic E-state index is 9.72. The van der Waals surface area contributed by atoms with Crippen molar-refractivity contribution in [2.45, 2.75) is 38.8 Å². The second-order valence-corrected chi connectivity index (χ2v) is 4.64. The molecule has 1 aromatic rings. The van der Waals surface area contributed by atoms with Crippen LogP contribution in [0.4, 0.5) is 0 Å². The number of phenolic OH excluding ortho intramolecular Hbond substituents is 2. The van der Waals surface area contributed by atoms with E-state index in [1.54, 1.807) is 12.1 Å². The van der Waals surface area contributed by atoms with Crippen LogP contribution in [0.15, 0.2) is 18.2 Å². The second-order valence-electron chi connectivity index (χ2n) is 4.64. The molecule has 1 saturated carbocycles. The van der Waals surface area contributed by atoms with Crippen molar-refractivity contribution in [3.63, 3.8) is 0 Å². The smallest absolute Gasteiger partial charge is 0.124 e. The fourth-order valence-electron chi connectivity index (χ4n) is 2.21. The zero-order valence-corrected chi connectivity index (χ0v) is 9.77. The first kappa shape index (κ1) is 11.3. The predicted molar refractivity (Wildman–Crippen MR) is 63.5 cm³/mol. The summed E-state index contributed by atoms with van der Waals surface area (Å²) in [5.41, 5.74) is 0.847. The lowest BCUT2D eigenvalue weighted by Gasteiger charge is -2.15. The normalized spacial score (nSPS) is 25.4. The van der Waals surface area contributed by atoms with Gasteiger partial charge in [-0.2, -0.15) is 0 Å². The molecule has 2 rings (SSSR count). The zero-order chi connectivity index (χ0) is 11.7. The molecule has 1 fully saturated rings. The summed E-state index contributed by atoms with van der Waals surface area (Å²) in [6.45, 7) is 4.24. The summed E-state index contributed by atoms with van der Waals surface area (Å²) in [6.07, 6.45) is 2.45. The summed E-state index contributed by atoms with van der Waals surface area (Å²) in [7, 11) is 0. The highest BCUT2D eigenvalue weighted by Crippen LogP contribution is 2.36. The lowest BCUT2D eigenvalue weighted by Crippen LogP contribution is -2.22. The number of nitrogens with one attached hydrogen (secondary N) is 1. The average Bonchev–Trinajstić information content (AvgIpc) is 2.96. The molecule has 88 valence electrons. The van der Waals surface area contributed by atoms with Crippen LogP contribution in [0.5, 0.6) is 11.5 Å². The van der Waals surface area contributed by atoms with Crippen LogP contribution in [-0.4, -0.2) is 16.3 Å². The number of hydrogen-bond acceptors (Lipinski definition) is 3. The molecule has 0 radical (unpaired) electrons. The van der Waals surface area contributed by atoms with Crippen LogP contribution >= 0.6 is 0 Å². The van der Waals surface area contributed by atoms with Crippen molar-refractivity contribution in [3.05, 3.63) is 23.8 Å². The number of hydrogen-bond donors (Lipinski definition) is 3. The number of aromatic hydroxyl groups is 2. The molecule has 0 amide bonds. The third kappa shape index (κ3) is 2.30. The van der Waals surface area contributed by atoms with Gasteiger partial charge < -0.3 is 15.5 Å². The Balaban J connectivity index is 2.01. The number of benzene rings is 1. The molecule has 0 spiro atoms. The molecular formula is C13H19NO2. The molecule has 1 aliphatic carbocycles. The fraction of sp³-hybridized carbons (Fsp3) is 0.538. The fourth-order valence-corrected chi connectivity index (χ4v) is 2.21. The van der Waals surface area contributed by atoms with Crippen molar-refractivity contribution in [1.29, 1.82) is 0 Å². The number of rotatable bonds is 4.